The third kappa shape index (κ3) is 0.914. The molecule has 2 rings (SSSR count). The Morgan fingerprint density at radius 3 is 3.00 bits per heavy atom. The summed E-state index contributed by atoms with van der Waals surface area (Å²) in [5, 5.41) is 9.47. The minimum Gasteiger partial charge on any atom is -0.506 e. The fraction of sp³-hybridized carbons (Fsp3) is 0.125. The number of fused-ring (bicyclic) bond motifs is 1. The average Bonchev–Trinajstić information content (AvgIpc) is 2.29. The highest BCUT2D eigenvalue weighted by molar-refractivity contribution is 9.10. The topological polar surface area (TPSA) is 37.5 Å². The van der Waals surface area contributed by atoms with Crippen LogP contribution in [0, 0.1) is 6.92 Å². The Hall–Kier alpha value is -1.03. The second-order valence-corrected chi connectivity index (χ2v) is 3.31. The van der Waals surface area contributed by atoms with Crippen LogP contribution >= 0.6 is 15.9 Å². The van der Waals surface area contributed by atoms with E-state index in [4.69, 9.17) is 0 Å². The molecule has 2 aromatic rings. The molecular formula is C8H7BrN2O. The molecule has 0 bridgehead atoms. The molecule has 4 heteroatoms. The first-order valence-corrected chi connectivity index (χ1v) is 4.31. The second-order valence-electron chi connectivity index (χ2n) is 2.56. The predicted octanol–water partition coefficient (Wildman–Crippen LogP) is 2.11. The lowest BCUT2D eigenvalue weighted by atomic mass is 10.4. The van der Waals surface area contributed by atoms with E-state index in [-0.39, 0.29) is 5.75 Å². The molecule has 0 aliphatic carbocycles. The number of hydrogen-bond donors (Lipinski definition) is 1. The van der Waals surface area contributed by atoms with E-state index < -0.39 is 0 Å². The van der Waals surface area contributed by atoms with Gasteiger partial charge in [0, 0.05) is 6.20 Å². The van der Waals surface area contributed by atoms with Crippen LogP contribution in [-0.2, 0) is 0 Å². The van der Waals surface area contributed by atoms with Gasteiger partial charge in [-0.2, -0.15) is 0 Å². The van der Waals surface area contributed by atoms with Crippen LogP contribution in [0.15, 0.2) is 22.9 Å². The van der Waals surface area contributed by atoms with Gasteiger partial charge in [0.2, 0.25) is 0 Å². The van der Waals surface area contributed by atoms with Gasteiger partial charge in [0.25, 0.3) is 0 Å². The molecule has 0 saturated carbocycles. The van der Waals surface area contributed by atoms with E-state index in [9.17, 15) is 5.11 Å². The van der Waals surface area contributed by atoms with Crippen molar-refractivity contribution in [3.05, 3.63) is 28.8 Å². The zero-order chi connectivity index (χ0) is 8.72. The van der Waals surface area contributed by atoms with Gasteiger partial charge in [0.15, 0.2) is 0 Å². The number of aryl methyl sites for hydroxylation is 1. The van der Waals surface area contributed by atoms with E-state index in [0.29, 0.717) is 4.60 Å². The Kier molecular flexibility index (Phi) is 1.58. The summed E-state index contributed by atoms with van der Waals surface area (Å²) in [6, 6.07) is 3.42. The van der Waals surface area contributed by atoms with Crippen molar-refractivity contribution in [3.63, 3.8) is 0 Å². The normalized spacial score (nSPS) is 10.8. The van der Waals surface area contributed by atoms with Crippen LogP contribution in [0.4, 0.5) is 0 Å². The molecule has 0 aliphatic rings. The Labute approximate surface area is 77.8 Å². The third-order valence-electron chi connectivity index (χ3n) is 1.78. The molecule has 3 nitrogen and oxygen atoms in total. The average molecular weight is 227 g/mol. The van der Waals surface area contributed by atoms with Gasteiger partial charge in [0.1, 0.15) is 21.7 Å². The third-order valence-corrected chi connectivity index (χ3v) is 2.33. The Morgan fingerprint density at radius 1 is 1.58 bits per heavy atom. The van der Waals surface area contributed by atoms with E-state index in [1.807, 2.05) is 17.5 Å². The molecule has 62 valence electrons. The second kappa shape index (κ2) is 2.48. The van der Waals surface area contributed by atoms with Crippen molar-refractivity contribution in [2.45, 2.75) is 6.92 Å². The molecule has 0 saturated heterocycles. The van der Waals surface area contributed by atoms with Crippen LogP contribution in [-0.4, -0.2) is 14.5 Å². The fourth-order valence-corrected chi connectivity index (χ4v) is 1.87. The predicted molar refractivity (Wildman–Crippen MR) is 49.3 cm³/mol. The van der Waals surface area contributed by atoms with Gasteiger partial charge in [-0.25, -0.2) is 4.98 Å². The number of nitrogens with zero attached hydrogens (tertiary/aromatic N) is 2. The van der Waals surface area contributed by atoms with Crippen molar-refractivity contribution < 1.29 is 5.11 Å². The number of pyridine rings is 1. The number of hydrogen-bond acceptors (Lipinski definition) is 2. The maximum Gasteiger partial charge on any atom is 0.142 e. The molecule has 12 heavy (non-hydrogen) atoms. The first kappa shape index (κ1) is 7.61. The molecular weight excluding hydrogens is 220 g/mol. The molecule has 0 unspecified atom stereocenters. The highest BCUT2D eigenvalue weighted by Crippen LogP contribution is 2.26. The van der Waals surface area contributed by atoms with Gasteiger partial charge in [-0.3, -0.25) is 4.40 Å². The van der Waals surface area contributed by atoms with Gasteiger partial charge in [-0.1, -0.05) is 0 Å². The Balaban J connectivity index is 2.99. The van der Waals surface area contributed by atoms with E-state index in [1.54, 1.807) is 12.1 Å². The van der Waals surface area contributed by atoms with E-state index >= 15 is 0 Å². The van der Waals surface area contributed by atoms with E-state index in [0.717, 1.165) is 11.3 Å². The lowest BCUT2D eigenvalue weighted by Crippen LogP contribution is -1.85. The minimum absolute atomic E-state index is 0.241. The van der Waals surface area contributed by atoms with Crippen molar-refractivity contribution in [2.24, 2.45) is 0 Å². The Morgan fingerprint density at radius 2 is 2.33 bits per heavy atom. The monoisotopic (exact) mass is 226 g/mol. The molecule has 0 radical (unpaired) electrons. The van der Waals surface area contributed by atoms with Gasteiger partial charge in [-0.15, -0.1) is 0 Å². The number of aromatic nitrogens is 2. The van der Waals surface area contributed by atoms with Crippen molar-refractivity contribution in [1.29, 1.82) is 0 Å². The molecule has 2 heterocycles. The Bertz CT molecular complexity index is 436. The van der Waals surface area contributed by atoms with Gasteiger partial charge >= 0.3 is 0 Å². The largest absolute Gasteiger partial charge is 0.506 e. The van der Waals surface area contributed by atoms with Crippen LogP contribution < -0.4 is 0 Å². The van der Waals surface area contributed by atoms with Crippen molar-refractivity contribution >= 4 is 21.4 Å². The molecule has 0 atom stereocenters. The standard InChI is InChI=1S/C8H7BrN2O/c1-5-10-8(9)7-6(12)3-2-4-11(5)7/h2-4,12H,1H3. The number of aromatic hydroxyl groups is 1. The highest BCUT2D eigenvalue weighted by Gasteiger charge is 2.08. The number of halogens is 1. The molecule has 0 amide bonds. The smallest absolute Gasteiger partial charge is 0.142 e. The molecule has 0 aliphatic heterocycles. The van der Waals surface area contributed by atoms with Gasteiger partial charge in [0.05, 0.1) is 0 Å². The summed E-state index contributed by atoms with van der Waals surface area (Å²) >= 11 is 3.28. The van der Waals surface area contributed by atoms with Gasteiger partial charge < -0.3 is 5.11 Å². The molecule has 0 aromatic carbocycles. The first-order valence-electron chi connectivity index (χ1n) is 3.52. The number of imidazole rings is 1. The quantitative estimate of drug-likeness (QED) is 0.748. The van der Waals surface area contributed by atoms with Crippen LogP contribution in [0.25, 0.3) is 5.52 Å². The molecule has 0 spiro atoms. The summed E-state index contributed by atoms with van der Waals surface area (Å²) in [6.45, 7) is 1.89. The van der Waals surface area contributed by atoms with Crippen molar-refractivity contribution in [3.8, 4) is 5.75 Å². The fourth-order valence-electron chi connectivity index (χ4n) is 1.22. The van der Waals surface area contributed by atoms with Crippen LogP contribution in [0.2, 0.25) is 0 Å². The summed E-state index contributed by atoms with van der Waals surface area (Å²) in [5.41, 5.74) is 0.718. The van der Waals surface area contributed by atoms with Crippen molar-refractivity contribution in [1.82, 2.24) is 9.38 Å². The first-order chi connectivity index (χ1) is 5.70. The van der Waals surface area contributed by atoms with E-state index in [1.165, 1.54) is 0 Å². The molecule has 1 N–H and O–H groups in total. The maximum absolute atomic E-state index is 9.47. The summed E-state index contributed by atoms with van der Waals surface area (Å²) in [4.78, 5) is 4.17. The molecule has 0 fully saturated rings. The summed E-state index contributed by atoms with van der Waals surface area (Å²) < 4.78 is 2.51. The lowest BCUT2D eigenvalue weighted by Gasteiger charge is -1.97. The summed E-state index contributed by atoms with van der Waals surface area (Å²) in [7, 11) is 0. The highest BCUT2D eigenvalue weighted by atomic mass is 79.9. The summed E-state index contributed by atoms with van der Waals surface area (Å²) in [5.74, 6) is 1.10. The summed E-state index contributed by atoms with van der Waals surface area (Å²) in [6.07, 6.45) is 1.86. The van der Waals surface area contributed by atoms with Crippen LogP contribution in [0.3, 0.4) is 0 Å². The van der Waals surface area contributed by atoms with Crippen molar-refractivity contribution in [2.75, 3.05) is 0 Å². The minimum atomic E-state index is 0.241. The zero-order valence-electron chi connectivity index (χ0n) is 6.45. The zero-order valence-corrected chi connectivity index (χ0v) is 8.04. The van der Waals surface area contributed by atoms with E-state index in [2.05, 4.69) is 20.9 Å². The van der Waals surface area contributed by atoms with Crippen LogP contribution in [0.5, 0.6) is 5.75 Å². The van der Waals surface area contributed by atoms with Gasteiger partial charge in [-0.05, 0) is 35.0 Å². The maximum atomic E-state index is 9.47. The lowest BCUT2D eigenvalue weighted by molar-refractivity contribution is 0.478. The molecule has 2 aromatic heterocycles. The number of rotatable bonds is 0. The van der Waals surface area contributed by atoms with Crippen LogP contribution in [0.1, 0.15) is 5.82 Å². The SMILES string of the molecule is Cc1nc(Br)c2c(O)cccn12.